The Morgan fingerprint density at radius 1 is 1.13 bits per heavy atom. The van der Waals surface area contributed by atoms with Gasteiger partial charge in [-0.3, -0.25) is 9.79 Å². The van der Waals surface area contributed by atoms with Crippen LogP contribution in [0.2, 0.25) is 0 Å². The number of carbonyl (C=O) groups is 1. The van der Waals surface area contributed by atoms with Crippen LogP contribution in [-0.2, 0) is 0 Å². The molecule has 0 aromatic heterocycles. The Hall–Kier alpha value is -1.74. The number of rotatable bonds is 3. The highest BCUT2D eigenvalue weighted by molar-refractivity contribution is 5.95. The summed E-state index contributed by atoms with van der Waals surface area (Å²) in [6.07, 6.45) is 7.74. The van der Waals surface area contributed by atoms with Crippen LogP contribution in [0, 0.1) is 24.2 Å². The minimum atomic E-state index is 0.0972. The second kappa shape index (κ2) is 17.0. The highest BCUT2D eigenvalue weighted by atomic mass is 16.3. The minimum Gasteiger partial charge on any atom is -0.396 e. The van der Waals surface area contributed by atoms with Crippen LogP contribution in [0.5, 0.6) is 0 Å². The van der Waals surface area contributed by atoms with E-state index in [0.717, 1.165) is 35.1 Å². The zero-order chi connectivity index (χ0) is 23.7. The Morgan fingerprint density at radius 2 is 1.57 bits per heavy atom. The van der Waals surface area contributed by atoms with E-state index in [2.05, 4.69) is 32.0 Å². The van der Waals surface area contributed by atoms with Crippen LogP contribution in [0.4, 0.5) is 0 Å². The largest absolute Gasteiger partial charge is 0.396 e. The van der Waals surface area contributed by atoms with Crippen molar-refractivity contribution in [2.24, 2.45) is 22.2 Å². The van der Waals surface area contributed by atoms with Gasteiger partial charge in [0.1, 0.15) is 0 Å². The van der Waals surface area contributed by atoms with Crippen LogP contribution in [0.15, 0.2) is 36.3 Å². The van der Waals surface area contributed by atoms with Crippen molar-refractivity contribution < 1.29 is 9.90 Å². The van der Waals surface area contributed by atoms with Crippen LogP contribution < -0.4 is 0 Å². The molecule has 0 saturated heterocycles. The lowest BCUT2D eigenvalue weighted by Crippen LogP contribution is -2.09. The fraction of sp³-hybridized carbons (Fsp3) is 0.630. The molecule has 3 nitrogen and oxygen atoms in total. The fourth-order valence-corrected chi connectivity index (χ4v) is 2.66. The van der Waals surface area contributed by atoms with E-state index in [9.17, 15) is 4.79 Å². The number of aliphatic hydroxyl groups excluding tert-OH is 1. The maximum atomic E-state index is 11.1. The third-order valence-corrected chi connectivity index (χ3v) is 4.87. The number of aliphatic imine (C=N–C) groups is 1. The van der Waals surface area contributed by atoms with Crippen molar-refractivity contribution in [2.45, 2.75) is 81.1 Å². The first-order valence-electron chi connectivity index (χ1n) is 11.2. The number of ketones is 1. The lowest BCUT2D eigenvalue weighted by atomic mass is 9.84. The van der Waals surface area contributed by atoms with E-state index in [0.29, 0.717) is 0 Å². The molecule has 3 heteroatoms. The number of benzene rings is 1. The topological polar surface area (TPSA) is 49.7 Å². The van der Waals surface area contributed by atoms with Gasteiger partial charge in [-0.1, -0.05) is 72.4 Å². The van der Waals surface area contributed by atoms with Gasteiger partial charge in [-0.05, 0) is 55.2 Å². The molecule has 1 N–H and O–H groups in total. The van der Waals surface area contributed by atoms with E-state index in [1.807, 2.05) is 59.0 Å². The molecule has 1 aliphatic rings. The fourth-order valence-electron chi connectivity index (χ4n) is 2.66. The monoisotopic (exact) mass is 417 g/mol. The van der Waals surface area contributed by atoms with E-state index >= 15 is 0 Å². The molecular weight excluding hydrogens is 370 g/mol. The van der Waals surface area contributed by atoms with E-state index < -0.39 is 0 Å². The van der Waals surface area contributed by atoms with Gasteiger partial charge in [-0.25, -0.2) is 0 Å². The Kier molecular flexibility index (Phi) is 17.2. The standard InChI is InChI=1S/C12H15NO.C8H16.C5H12O.C2H4/c1-4-13-8-12-6-5-11(10(3)14)7-9(12)2;1-7-3-5-8(2)6-4-7;1-5(2,3)4-6;1-2/h5-8H,4H2,1-3H3;7-8H,3-6H2,1-2H3;6H,4H2,1-3H3;1-2H2. The normalized spacial score (nSPS) is 18.2. The summed E-state index contributed by atoms with van der Waals surface area (Å²) in [6.45, 7) is 23.3. The van der Waals surface area contributed by atoms with E-state index in [4.69, 9.17) is 5.11 Å². The first-order valence-corrected chi connectivity index (χ1v) is 11.2. The summed E-state index contributed by atoms with van der Waals surface area (Å²) in [5, 5.41) is 8.40. The van der Waals surface area contributed by atoms with Crippen molar-refractivity contribution in [2.75, 3.05) is 13.2 Å². The average Bonchev–Trinajstić information content (AvgIpc) is 2.71. The second-order valence-corrected chi connectivity index (χ2v) is 9.34. The molecule has 0 amide bonds. The zero-order valence-corrected chi connectivity index (χ0v) is 20.9. The van der Waals surface area contributed by atoms with Gasteiger partial charge in [-0.2, -0.15) is 0 Å². The average molecular weight is 418 g/mol. The van der Waals surface area contributed by atoms with Gasteiger partial charge in [0.2, 0.25) is 0 Å². The molecule has 0 spiro atoms. The summed E-state index contributed by atoms with van der Waals surface area (Å²) in [7, 11) is 0. The number of hydrogen-bond acceptors (Lipinski definition) is 3. The second-order valence-electron chi connectivity index (χ2n) is 9.34. The highest BCUT2D eigenvalue weighted by Gasteiger charge is 2.13. The van der Waals surface area contributed by atoms with Crippen LogP contribution in [0.1, 0.15) is 95.6 Å². The van der Waals surface area contributed by atoms with Crippen LogP contribution in [0.3, 0.4) is 0 Å². The molecule has 2 rings (SSSR count). The molecule has 0 bridgehead atoms. The van der Waals surface area contributed by atoms with Crippen molar-refractivity contribution in [3.8, 4) is 0 Å². The van der Waals surface area contributed by atoms with Crippen molar-refractivity contribution in [3.63, 3.8) is 0 Å². The third-order valence-electron chi connectivity index (χ3n) is 4.87. The molecule has 0 unspecified atom stereocenters. The molecule has 1 aliphatic carbocycles. The smallest absolute Gasteiger partial charge is 0.159 e. The zero-order valence-electron chi connectivity index (χ0n) is 20.9. The minimum absolute atomic E-state index is 0.0972. The van der Waals surface area contributed by atoms with Gasteiger partial charge >= 0.3 is 0 Å². The molecule has 1 aromatic carbocycles. The number of hydrogen-bond donors (Lipinski definition) is 1. The number of aryl methyl sites for hydroxylation is 1. The lowest BCUT2D eigenvalue weighted by Gasteiger charge is -2.22. The molecule has 0 atom stereocenters. The highest BCUT2D eigenvalue weighted by Crippen LogP contribution is 2.27. The molecule has 30 heavy (non-hydrogen) atoms. The van der Waals surface area contributed by atoms with Gasteiger partial charge in [0.15, 0.2) is 5.78 Å². The van der Waals surface area contributed by atoms with E-state index in [1.54, 1.807) is 6.92 Å². The molecular formula is C27H47NO2. The van der Waals surface area contributed by atoms with Gasteiger partial charge < -0.3 is 5.11 Å². The van der Waals surface area contributed by atoms with Crippen molar-refractivity contribution >= 4 is 12.0 Å². The predicted octanol–water partition coefficient (Wildman–Crippen LogP) is 7.30. The van der Waals surface area contributed by atoms with Crippen molar-refractivity contribution in [1.29, 1.82) is 0 Å². The van der Waals surface area contributed by atoms with E-state index in [-0.39, 0.29) is 17.8 Å². The van der Waals surface area contributed by atoms with Gasteiger partial charge in [0.25, 0.3) is 0 Å². The molecule has 0 heterocycles. The Labute approximate surface area is 186 Å². The SMILES string of the molecule is C=C.CC(C)(C)CO.CC1CCC(C)CC1.CCN=Cc1ccc(C(C)=O)cc1C. The predicted molar refractivity (Wildman–Crippen MR) is 134 cm³/mol. The Morgan fingerprint density at radius 3 is 1.87 bits per heavy atom. The summed E-state index contributed by atoms with van der Waals surface area (Å²) in [5.74, 6) is 2.14. The number of nitrogens with zero attached hydrogens (tertiary/aromatic N) is 1. The number of aliphatic hydroxyl groups is 1. The number of Topliss-reactive ketones (excluding diaryl/α,β-unsaturated/α-hetero) is 1. The quantitative estimate of drug-likeness (QED) is 0.319. The van der Waals surface area contributed by atoms with Gasteiger partial charge in [-0.15, -0.1) is 13.2 Å². The molecule has 172 valence electrons. The van der Waals surface area contributed by atoms with Crippen molar-refractivity contribution in [1.82, 2.24) is 0 Å². The van der Waals surface area contributed by atoms with Crippen LogP contribution in [0.25, 0.3) is 0 Å². The van der Waals surface area contributed by atoms with Crippen LogP contribution >= 0.6 is 0 Å². The summed E-state index contributed by atoms with van der Waals surface area (Å²) in [6, 6.07) is 5.68. The maximum absolute atomic E-state index is 11.1. The maximum Gasteiger partial charge on any atom is 0.159 e. The van der Waals surface area contributed by atoms with Gasteiger partial charge in [0.05, 0.1) is 0 Å². The summed E-state index contributed by atoms with van der Waals surface area (Å²) < 4.78 is 0. The van der Waals surface area contributed by atoms with Gasteiger partial charge in [0, 0.05) is 24.9 Å². The lowest BCUT2D eigenvalue weighted by molar-refractivity contribution is 0.101. The molecule has 1 saturated carbocycles. The molecule has 0 aliphatic heterocycles. The molecule has 0 radical (unpaired) electrons. The van der Waals surface area contributed by atoms with E-state index in [1.165, 1.54) is 25.7 Å². The third kappa shape index (κ3) is 16.1. The first-order chi connectivity index (χ1) is 14.0. The number of carbonyl (C=O) groups excluding carboxylic acids is 1. The van der Waals surface area contributed by atoms with Crippen molar-refractivity contribution in [3.05, 3.63) is 48.0 Å². The summed E-state index contributed by atoms with van der Waals surface area (Å²) >= 11 is 0. The Bertz CT molecular complexity index is 596. The Balaban J connectivity index is 0. The molecule has 1 aromatic rings. The molecule has 1 fully saturated rings. The summed E-state index contributed by atoms with van der Waals surface area (Å²) in [4.78, 5) is 15.3. The van der Waals surface area contributed by atoms with Crippen LogP contribution in [-0.4, -0.2) is 30.3 Å². The first kappa shape index (κ1) is 30.5. The summed E-state index contributed by atoms with van der Waals surface area (Å²) in [5.41, 5.74) is 3.03.